The van der Waals surface area contributed by atoms with Gasteiger partial charge in [0, 0.05) is 42.9 Å². The number of ketones is 1. The third kappa shape index (κ3) is 6.72. The van der Waals surface area contributed by atoms with Crippen molar-refractivity contribution in [3.05, 3.63) is 48.4 Å². The SMILES string of the molecule is CCC(=O)C1(C(=O)Nc2ccc(Oc3ccnc4cc(OCC5CCN(CC(=O)NC)CC5)c(OC)cc34)c(F)c2)CC1. The lowest BCUT2D eigenvalue weighted by Gasteiger charge is -2.31. The lowest BCUT2D eigenvalue weighted by atomic mass is 9.98. The molecule has 0 radical (unpaired) electrons. The first-order valence-electron chi connectivity index (χ1n) is 14.6. The van der Waals surface area contributed by atoms with Crippen LogP contribution in [-0.2, 0) is 14.4 Å². The molecule has 1 aliphatic heterocycles. The molecule has 1 saturated carbocycles. The van der Waals surface area contributed by atoms with Crippen LogP contribution in [0.3, 0.4) is 0 Å². The molecule has 10 nitrogen and oxygen atoms in total. The van der Waals surface area contributed by atoms with Gasteiger partial charge in [0.1, 0.15) is 16.9 Å². The number of likely N-dealkylation sites (N-methyl/N-ethyl adjacent to an activating group) is 1. The number of hydrogen-bond acceptors (Lipinski definition) is 8. The van der Waals surface area contributed by atoms with Crippen LogP contribution in [0.25, 0.3) is 10.9 Å². The molecule has 1 aromatic heterocycles. The Morgan fingerprint density at radius 2 is 1.81 bits per heavy atom. The van der Waals surface area contributed by atoms with Gasteiger partial charge in [-0.05, 0) is 69.0 Å². The number of aromatic nitrogens is 1. The smallest absolute Gasteiger partial charge is 0.238 e. The van der Waals surface area contributed by atoms with E-state index in [0.29, 0.717) is 60.1 Å². The van der Waals surface area contributed by atoms with Gasteiger partial charge in [0.25, 0.3) is 0 Å². The Morgan fingerprint density at radius 1 is 1.05 bits per heavy atom. The molecule has 2 heterocycles. The highest BCUT2D eigenvalue weighted by molar-refractivity contribution is 6.13. The molecular formula is C32H37FN4O6. The Hall–Kier alpha value is -4.25. The van der Waals surface area contributed by atoms with Gasteiger partial charge in [-0.2, -0.15) is 0 Å². The summed E-state index contributed by atoms with van der Waals surface area (Å²) in [6, 6.07) is 9.33. The molecule has 43 heavy (non-hydrogen) atoms. The predicted molar refractivity (Wildman–Crippen MR) is 159 cm³/mol. The highest BCUT2D eigenvalue weighted by atomic mass is 19.1. The molecule has 1 aliphatic carbocycles. The number of methoxy groups -OCH3 is 1. The lowest BCUT2D eigenvalue weighted by molar-refractivity contribution is -0.132. The quantitative estimate of drug-likeness (QED) is 0.291. The normalized spacial score (nSPS) is 16.4. The fraction of sp³-hybridized carbons (Fsp3) is 0.438. The van der Waals surface area contributed by atoms with Crippen molar-refractivity contribution in [1.82, 2.24) is 15.2 Å². The average molecular weight is 593 g/mol. The number of nitrogens with zero attached hydrogens (tertiary/aromatic N) is 2. The number of nitrogens with one attached hydrogen (secondary N) is 2. The fourth-order valence-electron chi connectivity index (χ4n) is 5.42. The highest BCUT2D eigenvalue weighted by Gasteiger charge is 2.55. The van der Waals surface area contributed by atoms with Gasteiger partial charge in [0.05, 0.1) is 25.8 Å². The van der Waals surface area contributed by atoms with E-state index in [9.17, 15) is 14.4 Å². The number of carbonyl (C=O) groups excluding carboxylic acids is 3. The molecular weight excluding hydrogens is 555 g/mol. The van der Waals surface area contributed by atoms with Crippen LogP contribution in [0.15, 0.2) is 42.6 Å². The Morgan fingerprint density at radius 3 is 2.47 bits per heavy atom. The minimum atomic E-state index is -0.983. The van der Waals surface area contributed by atoms with Gasteiger partial charge in [0.15, 0.2) is 23.1 Å². The Bertz CT molecular complexity index is 1520. The number of hydrogen-bond donors (Lipinski definition) is 2. The van der Waals surface area contributed by atoms with E-state index in [1.54, 1.807) is 51.5 Å². The summed E-state index contributed by atoms with van der Waals surface area (Å²) in [5.41, 5.74) is -0.137. The number of Topliss-reactive ketones (excluding diaryl/α,β-unsaturated/α-hetero) is 1. The first-order chi connectivity index (χ1) is 20.8. The summed E-state index contributed by atoms with van der Waals surface area (Å²) in [4.78, 5) is 43.1. The van der Waals surface area contributed by atoms with E-state index in [2.05, 4.69) is 20.5 Å². The van der Waals surface area contributed by atoms with Gasteiger partial charge in [-0.15, -0.1) is 0 Å². The van der Waals surface area contributed by atoms with Crippen molar-refractivity contribution in [3.8, 4) is 23.0 Å². The molecule has 2 N–H and O–H groups in total. The van der Waals surface area contributed by atoms with E-state index in [4.69, 9.17) is 14.2 Å². The van der Waals surface area contributed by atoms with Crippen LogP contribution in [0.1, 0.15) is 39.0 Å². The van der Waals surface area contributed by atoms with Crippen LogP contribution in [0.4, 0.5) is 10.1 Å². The molecule has 0 unspecified atom stereocenters. The van der Waals surface area contributed by atoms with Gasteiger partial charge in [-0.1, -0.05) is 6.92 Å². The maximum Gasteiger partial charge on any atom is 0.238 e. The monoisotopic (exact) mass is 592 g/mol. The van der Waals surface area contributed by atoms with E-state index in [0.717, 1.165) is 25.9 Å². The Kier molecular flexibility index (Phi) is 9.10. The minimum absolute atomic E-state index is 0.0163. The second-order valence-corrected chi connectivity index (χ2v) is 11.1. The molecule has 2 aromatic carbocycles. The average Bonchev–Trinajstić information content (AvgIpc) is 3.83. The number of benzene rings is 2. The number of carbonyl (C=O) groups is 3. The van der Waals surface area contributed by atoms with E-state index in [1.165, 1.54) is 12.1 Å². The van der Waals surface area contributed by atoms with Gasteiger partial charge in [-0.3, -0.25) is 24.3 Å². The molecule has 5 rings (SSSR count). The van der Waals surface area contributed by atoms with Gasteiger partial charge in [0.2, 0.25) is 11.8 Å². The standard InChI is InChI=1S/C32H37FN4O6/c1-4-29(38)32(10-11-32)31(40)36-21-5-6-26(23(33)15-21)43-25-7-12-35-24-17-28(27(41-3)16-22(24)25)42-19-20-8-13-37(14-9-20)18-30(39)34-2/h5-7,12,15-17,20H,4,8-11,13-14,18-19H2,1-3H3,(H,34,39)(H,36,40). The van der Waals surface area contributed by atoms with E-state index in [-0.39, 0.29) is 29.5 Å². The maximum absolute atomic E-state index is 15.1. The summed E-state index contributed by atoms with van der Waals surface area (Å²) in [6.07, 6.45) is 4.74. The number of fused-ring (bicyclic) bond motifs is 1. The molecule has 2 aliphatic rings. The third-order valence-electron chi connectivity index (χ3n) is 8.26. The van der Waals surface area contributed by atoms with Crippen molar-refractivity contribution in [2.75, 3.05) is 45.7 Å². The topological polar surface area (TPSA) is 119 Å². The summed E-state index contributed by atoms with van der Waals surface area (Å²) >= 11 is 0. The zero-order valence-corrected chi connectivity index (χ0v) is 24.7. The van der Waals surface area contributed by atoms with Crippen LogP contribution in [-0.4, -0.2) is 67.9 Å². The maximum atomic E-state index is 15.1. The third-order valence-corrected chi connectivity index (χ3v) is 8.26. The number of ether oxygens (including phenoxy) is 3. The molecule has 11 heteroatoms. The van der Waals surface area contributed by atoms with Crippen molar-refractivity contribution >= 4 is 34.2 Å². The molecule has 0 atom stereocenters. The van der Waals surface area contributed by atoms with Crippen molar-refractivity contribution in [2.45, 2.75) is 39.0 Å². The van der Waals surface area contributed by atoms with Gasteiger partial charge >= 0.3 is 0 Å². The van der Waals surface area contributed by atoms with Crippen LogP contribution in [0.2, 0.25) is 0 Å². The lowest BCUT2D eigenvalue weighted by Crippen LogP contribution is -2.41. The minimum Gasteiger partial charge on any atom is -0.493 e. The largest absolute Gasteiger partial charge is 0.493 e. The first kappa shape index (κ1) is 30.2. The number of amides is 2. The first-order valence-corrected chi connectivity index (χ1v) is 14.6. The van der Waals surface area contributed by atoms with E-state index in [1.807, 2.05) is 0 Å². The van der Waals surface area contributed by atoms with Gasteiger partial charge < -0.3 is 24.8 Å². The van der Waals surface area contributed by atoms with Crippen LogP contribution < -0.4 is 24.8 Å². The van der Waals surface area contributed by atoms with Gasteiger partial charge in [-0.25, -0.2) is 4.39 Å². The second-order valence-electron chi connectivity index (χ2n) is 11.1. The summed E-state index contributed by atoms with van der Waals surface area (Å²) in [5.74, 6) is 0.595. The summed E-state index contributed by atoms with van der Waals surface area (Å²) < 4.78 is 32.8. The highest BCUT2D eigenvalue weighted by Crippen LogP contribution is 2.48. The summed E-state index contributed by atoms with van der Waals surface area (Å²) in [6.45, 7) is 4.32. The summed E-state index contributed by atoms with van der Waals surface area (Å²) in [5, 5.41) is 5.95. The van der Waals surface area contributed by atoms with Crippen LogP contribution in [0.5, 0.6) is 23.0 Å². The molecule has 3 aromatic rings. The zero-order chi connectivity index (χ0) is 30.6. The molecule has 2 fully saturated rings. The van der Waals surface area contributed by atoms with Crippen molar-refractivity contribution in [2.24, 2.45) is 11.3 Å². The Labute approximate surface area is 249 Å². The number of piperidine rings is 1. The van der Waals surface area contributed by atoms with Crippen LogP contribution in [0, 0.1) is 17.2 Å². The number of halogens is 1. The number of pyridine rings is 1. The molecule has 0 bridgehead atoms. The van der Waals surface area contributed by atoms with Crippen molar-refractivity contribution < 1.29 is 33.0 Å². The van der Waals surface area contributed by atoms with Crippen LogP contribution >= 0.6 is 0 Å². The molecule has 0 spiro atoms. The number of likely N-dealkylation sites (tertiary alicyclic amines) is 1. The zero-order valence-electron chi connectivity index (χ0n) is 24.7. The Balaban J connectivity index is 1.25. The second kappa shape index (κ2) is 12.9. The van der Waals surface area contributed by atoms with Crippen molar-refractivity contribution in [1.29, 1.82) is 0 Å². The molecule has 1 saturated heterocycles. The summed E-state index contributed by atoms with van der Waals surface area (Å²) in [7, 11) is 3.19. The molecule has 228 valence electrons. The fourth-order valence-corrected chi connectivity index (χ4v) is 5.42. The number of rotatable bonds is 12. The van der Waals surface area contributed by atoms with E-state index >= 15 is 4.39 Å². The van der Waals surface area contributed by atoms with Crippen molar-refractivity contribution in [3.63, 3.8) is 0 Å². The predicted octanol–water partition coefficient (Wildman–Crippen LogP) is 4.71. The molecule has 2 amide bonds. The number of anilines is 1. The van der Waals surface area contributed by atoms with E-state index < -0.39 is 17.1 Å².